The first-order valence-corrected chi connectivity index (χ1v) is 10.8. The van der Waals surface area contributed by atoms with Gasteiger partial charge in [-0.05, 0) is 35.7 Å². The monoisotopic (exact) mass is 532 g/mol. The molecular formula is C20H26FIN4O2S. The van der Waals surface area contributed by atoms with Gasteiger partial charge in [0.25, 0.3) is 0 Å². The Hall–Kier alpha value is -1.88. The normalized spacial score (nSPS) is 13.6. The van der Waals surface area contributed by atoms with Crippen molar-refractivity contribution >= 4 is 45.6 Å². The zero-order chi connectivity index (χ0) is 20.1. The molecule has 0 saturated carbocycles. The molecule has 2 aromatic carbocycles. The third-order valence-electron chi connectivity index (χ3n) is 4.71. The van der Waals surface area contributed by atoms with Crippen LogP contribution >= 0.6 is 24.0 Å². The number of fused-ring (bicyclic) bond motifs is 1. The molecule has 158 valence electrons. The topological polar surface area (TPSA) is 65.0 Å². The number of rotatable bonds is 6. The smallest absolute Gasteiger partial charge is 0.236 e. The minimum Gasteiger partial charge on any atom is -0.355 e. The van der Waals surface area contributed by atoms with Gasteiger partial charge in [0, 0.05) is 33.7 Å². The molecule has 0 bridgehead atoms. The van der Waals surface area contributed by atoms with E-state index in [4.69, 9.17) is 0 Å². The van der Waals surface area contributed by atoms with Crippen molar-refractivity contribution in [3.05, 3.63) is 65.5 Å². The number of guanidine groups is 1. The number of hydrogen-bond donors (Lipinski definition) is 1. The van der Waals surface area contributed by atoms with E-state index in [2.05, 4.69) is 10.3 Å². The van der Waals surface area contributed by atoms with Gasteiger partial charge in [-0.25, -0.2) is 12.8 Å². The Labute approximate surface area is 188 Å². The van der Waals surface area contributed by atoms with E-state index in [0.29, 0.717) is 19.0 Å². The predicted octanol–water partition coefficient (Wildman–Crippen LogP) is 2.84. The van der Waals surface area contributed by atoms with E-state index >= 15 is 0 Å². The number of aliphatic imine (C=N–C) groups is 1. The quantitative estimate of drug-likeness (QED) is 0.353. The molecule has 0 radical (unpaired) electrons. The third-order valence-corrected chi connectivity index (χ3v) is 6.48. The summed E-state index contributed by atoms with van der Waals surface area (Å²) in [5, 5.41) is 3.08. The Morgan fingerprint density at radius 3 is 2.72 bits per heavy atom. The first kappa shape index (κ1) is 23.4. The SMILES string of the molecule is CN=C(NCCS(=O)(=O)N1CCc2ccccc21)N(C)Cc1cccc(F)c1.I. The molecule has 9 heteroatoms. The van der Waals surface area contributed by atoms with E-state index < -0.39 is 10.0 Å². The second kappa shape index (κ2) is 10.2. The number of hydrogen-bond acceptors (Lipinski definition) is 3. The fourth-order valence-electron chi connectivity index (χ4n) is 3.37. The number of nitrogens with zero attached hydrogens (tertiary/aromatic N) is 3. The van der Waals surface area contributed by atoms with Crippen molar-refractivity contribution in [3.8, 4) is 0 Å². The average Bonchev–Trinajstić information content (AvgIpc) is 3.10. The number of anilines is 1. The average molecular weight is 532 g/mol. The fraction of sp³-hybridized carbons (Fsp3) is 0.350. The summed E-state index contributed by atoms with van der Waals surface area (Å²) in [7, 11) is 0.0396. The highest BCUT2D eigenvalue weighted by atomic mass is 127. The number of nitrogens with one attached hydrogen (secondary N) is 1. The molecule has 1 N–H and O–H groups in total. The van der Waals surface area contributed by atoms with Crippen LogP contribution in [0.25, 0.3) is 0 Å². The lowest BCUT2D eigenvalue weighted by atomic mass is 10.2. The van der Waals surface area contributed by atoms with E-state index in [1.54, 1.807) is 13.1 Å². The van der Waals surface area contributed by atoms with Crippen LogP contribution in [0.3, 0.4) is 0 Å². The van der Waals surface area contributed by atoms with Gasteiger partial charge < -0.3 is 10.2 Å². The first-order chi connectivity index (χ1) is 13.4. The van der Waals surface area contributed by atoms with E-state index in [-0.39, 0.29) is 42.1 Å². The lowest BCUT2D eigenvalue weighted by molar-refractivity contribution is 0.476. The van der Waals surface area contributed by atoms with E-state index in [0.717, 1.165) is 23.2 Å². The van der Waals surface area contributed by atoms with Gasteiger partial charge in [-0.3, -0.25) is 9.30 Å². The van der Waals surface area contributed by atoms with Crippen molar-refractivity contribution in [2.24, 2.45) is 4.99 Å². The van der Waals surface area contributed by atoms with E-state index in [1.165, 1.54) is 16.4 Å². The highest BCUT2D eigenvalue weighted by molar-refractivity contribution is 14.0. The third kappa shape index (κ3) is 5.81. The highest BCUT2D eigenvalue weighted by Gasteiger charge is 2.28. The zero-order valence-electron chi connectivity index (χ0n) is 16.5. The molecule has 0 atom stereocenters. The van der Waals surface area contributed by atoms with Gasteiger partial charge >= 0.3 is 0 Å². The lowest BCUT2D eigenvalue weighted by Gasteiger charge is -2.23. The largest absolute Gasteiger partial charge is 0.355 e. The summed E-state index contributed by atoms with van der Waals surface area (Å²) >= 11 is 0. The van der Waals surface area contributed by atoms with Crippen LogP contribution in [0.4, 0.5) is 10.1 Å². The molecule has 0 fully saturated rings. The Morgan fingerprint density at radius 1 is 1.24 bits per heavy atom. The maximum atomic E-state index is 13.4. The van der Waals surface area contributed by atoms with Gasteiger partial charge in [-0.15, -0.1) is 24.0 Å². The minimum atomic E-state index is -3.42. The Balaban J connectivity index is 0.00000300. The molecule has 0 saturated heterocycles. The van der Waals surface area contributed by atoms with Crippen molar-refractivity contribution in [2.45, 2.75) is 13.0 Å². The minimum absolute atomic E-state index is 0. The second-order valence-corrected chi connectivity index (χ2v) is 8.74. The van der Waals surface area contributed by atoms with Crippen LogP contribution in [0.15, 0.2) is 53.5 Å². The van der Waals surface area contributed by atoms with Crippen molar-refractivity contribution in [1.82, 2.24) is 10.2 Å². The molecule has 2 aromatic rings. The zero-order valence-corrected chi connectivity index (χ0v) is 19.7. The molecule has 29 heavy (non-hydrogen) atoms. The van der Waals surface area contributed by atoms with Crippen LogP contribution < -0.4 is 9.62 Å². The molecule has 0 aliphatic carbocycles. The molecule has 1 aliphatic rings. The first-order valence-electron chi connectivity index (χ1n) is 9.15. The fourth-order valence-corrected chi connectivity index (χ4v) is 4.80. The molecule has 0 amide bonds. The van der Waals surface area contributed by atoms with Gasteiger partial charge in [0.2, 0.25) is 10.0 Å². The Kier molecular flexibility index (Phi) is 8.26. The van der Waals surface area contributed by atoms with Crippen LogP contribution in [-0.4, -0.2) is 52.2 Å². The second-order valence-electron chi connectivity index (χ2n) is 6.73. The van der Waals surface area contributed by atoms with Crippen LogP contribution in [0.1, 0.15) is 11.1 Å². The molecule has 3 rings (SSSR count). The van der Waals surface area contributed by atoms with Crippen LogP contribution in [-0.2, 0) is 23.0 Å². The van der Waals surface area contributed by atoms with Gasteiger partial charge in [0.05, 0.1) is 11.4 Å². The summed E-state index contributed by atoms with van der Waals surface area (Å²) in [5.41, 5.74) is 2.64. The maximum Gasteiger partial charge on any atom is 0.236 e. The van der Waals surface area contributed by atoms with Crippen molar-refractivity contribution in [1.29, 1.82) is 0 Å². The van der Waals surface area contributed by atoms with Crippen LogP contribution in [0.2, 0.25) is 0 Å². The van der Waals surface area contributed by atoms with Gasteiger partial charge in [-0.2, -0.15) is 0 Å². The van der Waals surface area contributed by atoms with Gasteiger partial charge in [0.1, 0.15) is 5.82 Å². The van der Waals surface area contributed by atoms with Gasteiger partial charge in [0.15, 0.2) is 5.96 Å². The van der Waals surface area contributed by atoms with Crippen LogP contribution in [0.5, 0.6) is 0 Å². The number of benzene rings is 2. The highest BCUT2D eigenvalue weighted by Crippen LogP contribution is 2.29. The van der Waals surface area contributed by atoms with E-state index in [1.807, 2.05) is 42.3 Å². The van der Waals surface area contributed by atoms with Crippen LogP contribution in [0, 0.1) is 5.82 Å². The molecule has 1 aliphatic heterocycles. The molecule has 1 heterocycles. The van der Waals surface area contributed by atoms with Crippen molar-refractivity contribution in [2.75, 3.05) is 37.2 Å². The Bertz CT molecular complexity index is 968. The summed E-state index contributed by atoms with van der Waals surface area (Å²) in [5.74, 6) is 0.237. The molecular weight excluding hydrogens is 506 g/mol. The predicted molar refractivity (Wildman–Crippen MR) is 126 cm³/mol. The molecule has 0 aromatic heterocycles. The number of para-hydroxylation sites is 1. The summed E-state index contributed by atoms with van der Waals surface area (Å²) in [6.07, 6.45) is 0.737. The lowest BCUT2D eigenvalue weighted by Crippen LogP contribution is -2.42. The standard InChI is InChI=1S/C20H25FN4O2S.HI/c1-22-20(24(2)15-16-6-5-8-18(21)14-16)23-11-13-28(26,27)25-12-10-17-7-3-4-9-19(17)25;/h3-9,14H,10-13,15H2,1-2H3,(H,22,23);1H. The number of halogens is 2. The maximum absolute atomic E-state index is 13.4. The summed E-state index contributed by atoms with van der Waals surface area (Å²) in [4.78, 5) is 6.01. The van der Waals surface area contributed by atoms with E-state index in [9.17, 15) is 12.8 Å². The molecule has 6 nitrogen and oxygen atoms in total. The summed E-state index contributed by atoms with van der Waals surface area (Å²) in [6, 6.07) is 14.0. The molecule has 0 spiro atoms. The molecule has 0 unspecified atom stereocenters. The summed E-state index contributed by atoms with van der Waals surface area (Å²) < 4.78 is 40.4. The number of sulfonamides is 1. The summed E-state index contributed by atoms with van der Waals surface area (Å²) in [6.45, 7) is 1.18. The van der Waals surface area contributed by atoms with Crippen molar-refractivity contribution in [3.63, 3.8) is 0 Å². The van der Waals surface area contributed by atoms with Crippen molar-refractivity contribution < 1.29 is 12.8 Å². The van der Waals surface area contributed by atoms with Gasteiger partial charge in [-0.1, -0.05) is 30.3 Å². The Morgan fingerprint density at radius 2 is 2.00 bits per heavy atom.